The highest BCUT2D eigenvalue weighted by Crippen LogP contribution is 2.27. The topological polar surface area (TPSA) is 95.6 Å². The van der Waals surface area contributed by atoms with Gasteiger partial charge in [0, 0.05) is 38.1 Å². The van der Waals surface area contributed by atoms with E-state index in [4.69, 9.17) is 5.73 Å². The van der Waals surface area contributed by atoms with Crippen molar-refractivity contribution in [2.75, 3.05) is 35.7 Å². The van der Waals surface area contributed by atoms with E-state index < -0.39 is 0 Å². The Kier molecular flexibility index (Phi) is 3.09. The molecule has 3 rings (SSSR count). The van der Waals surface area contributed by atoms with Gasteiger partial charge >= 0.3 is 0 Å². The number of hydrogen-bond acceptors (Lipinski definition) is 6. The molecule has 1 aliphatic rings. The van der Waals surface area contributed by atoms with Crippen molar-refractivity contribution in [2.24, 2.45) is 0 Å². The molecule has 1 amide bonds. The van der Waals surface area contributed by atoms with Crippen LogP contribution in [0.15, 0.2) is 30.5 Å². The molecular weight excluding hydrogens is 270 g/mol. The molecule has 2 heterocycles. The molecule has 1 aromatic carbocycles. The van der Waals surface area contributed by atoms with E-state index >= 15 is 0 Å². The number of aromatic nitrogens is 2. The number of fused-ring (bicyclic) bond motifs is 1. The summed E-state index contributed by atoms with van der Waals surface area (Å²) in [6.07, 6.45) is 1.44. The van der Waals surface area contributed by atoms with Crippen LogP contribution in [-0.2, 0) is 0 Å². The summed E-state index contributed by atoms with van der Waals surface area (Å²) in [6, 6.07) is 6.60. The Morgan fingerprint density at radius 1 is 1.33 bits per heavy atom. The molecule has 21 heavy (non-hydrogen) atoms. The highest BCUT2D eigenvalue weighted by molar-refractivity contribution is 6.09. The van der Waals surface area contributed by atoms with Gasteiger partial charge in [-0.05, 0) is 12.1 Å². The zero-order valence-electron chi connectivity index (χ0n) is 11.5. The fourth-order valence-electron chi connectivity index (χ4n) is 2.34. The second-order valence-electron chi connectivity index (χ2n) is 4.86. The number of hydrogen-bond donors (Lipinski definition) is 2. The smallest absolute Gasteiger partial charge is 0.263 e. The lowest BCUT2D eigenvalue weighted by Gasteiger charge is -2.21. The van der Waals surface area contributed by atoms with Gasteiger partial charge in [-0.2, -0.15) is 4.98 Å². The number of aromatic hydroxyl groups is 1. The number of phenols is 1. The molecule has 0 aliphatic carbocycles. The molecule has 0 saturated heterocycles. The lowest BCUT2D eigenvalue weighted by atomic mass is 10.2. The van der Waals surface area contributed by atoms with E-state index in [1.54, 1.807) is 29.2 Å². The summed E-state index contributed by atoms with van der Waals surface area (Å²) in [7, 11) is 1.85. The van der Waals surface area contributed by atoms with Crippen LogP contribution in [0.4, 0.5) is 17.5 Å². The molecule has 3 N–H and O–H groups in total. The highest BCUT2D eigenvalue weighted by Gasteiger charge is 2.27. The van der Waals surface area contributed by atoms with Gasteiger partial charge in [0.2, 0.25) is 5.95 Å². The fourth-order valence-corrected chi connectivity index (χ4v) is 2.34. The minimum atomic E-state index is -0.208. The third-order valence-electron chi connectivity index (χ3n) is 3.42. The average molecular weight is 285 g/mol. The summed E-state index contributed by atoms with van der Waals surface area (Å²) in [4.78, 5) is 24.2. The van der Waals surface area contributed by atoms with Crippen LogP contribution in [0.1, 0.15) is 10.4 Å². The van der Waals surface area contributed by atoms with Crippen LogP contribution >= 0.6 is 0 Å². The third kappa shape index (κ3) is 2.33. The van der Waals surface area contributed by atoms with Crippen LogP contribution in [0.25, 0.3) is 0 Å². The van der Waals surface area contributed by atoms with Gasteiger partial charge in [0.05, 0.1) is 0 Å². The van der Waals surface area contributed by atoms with Crippen molar-refractivity contribution in [1.82, 2.24) is 9.97 Å². The second-order valence-corrected chi connectivity index (χ2v) is 4.86. The van der Waals surface area contributed by atoms with Crippen LogP contribution in [-0.4, -0.2) is 41.1 Å². The Morgan fingerprint density at radius 2 is 2.14 bits per heavy atom. The number of carbonyl (C=O) groups excluding carboxylic acids is 1. The summed E-state index contributed by atoms with van der Waals surface area (Å²) in [6.45, 7) is 1.08. The molecule has 0 radical (unpaired) electrons. The molecule has 1 aromatic heterocycles. The molecule has 0 unspecified atom stereocenters. The van der Waals surface area contributed by atoms with Gasteiger partial charge in [0.15, 0.2) is 0 Å². The molecule has 2 aromatic rings. The van der Waals surface area contributed by atoms with Gasteiger partial charge in [-0.3, -0.25) is 4.79 Å². The van der Waals surface area contributed by atoms with Crippen LogP contribution in [0.3, 0.4) is 0 Å². The zero-order chi connectivity index (χ0) is 15.0. The molecule has 0 saturated carbocycles. The van der Waals surface area contributed by atoms with Crippen molar-refractivity contribution in [1.29, 1.82) is 0 Å². The molecule has 0 atom stereocenters. The maximum Gasteiger partial charge on any atom is 0.263 e. The second kappa shape index (κ2) is 4.93. The monoisotopic (exact) mass is 285 g/mol. The van der Waals surface area contributed by atoms with E-state index in [9.17, 15) is 9.90 Å². The Bertz CT molecular complexity index is 704. The summed E-state index contributed by atoms with van der Waals surface area (Å²) < 4.78 is 0. The van der Waals surface area contributed by atoms with Crippen molar-refractivity contribution in [3.63, 3.8) is 0 Å². The number of nitrogen functional groups attached to an aromatic ring is 1. The Hall–Kier alpha value is -2.83. The molecule has 0 spiro atoms. The first-order chi connectivity index (χ1) is 10.1. The number of amides is 1. The van der Waals surface area contributed by atoms with E-state index in [-0.39, 0.29) is 17.6 Å². The number of phenolic OH excluding ortho intramolecular Hbond substituents is 1. The molecular formula is C14H15N5O2. The van der Waals surface area contributed by atoms with E-state index in [1.165, 1.54) is 6.20 Å². The standard InChI is InChI=1S/C14H15N5O2/c1-18-5-6-19(9-3-2-4-10(20)7-9)13(21)11-8-16-14(15)17-12(11)18/h2-4,7-8,20H,5-6H2,1H3,(H2,15,16,17). The maximum atomic E-state index is 12.7. The highest BCUT2D eigenvalue weighted by atomic mass is 16.3. The minimum absolute atomic E-state index is 0.117. The molecule has 1 aliphatic heterocycles. The Morgan fingerprint density at radius 3 is 2.90 bits per heavy atom. The Labute approximate surface area is 121 Å². The largest absolute Gasteiger partial charge is 0.508 e. The first-order valence-corrected chi connectivity index (χ1v) is 6.51. The van der Waals surface area contributed by atoms with Crippen LogP contribution < -0.4 is 15.5 Å². The summed E-state index contributed by atoms with van der Waals surface area (Å²) in [5.74, 6) is 0.570. The van der Waals surface area contributed by atoms with Gasteiger partial charge < -0.3 is 20.6 Å². The molecule has 0 bridgehead atoms. The Balaban J connectivity index is 2.07. The number of anilines is 3. The third-order valence-corrected chi connectivity index (χ3v) is 3.42. The number of nitrogens with two attached hydrogens (primary N) is 1. The number of likely N-dealkylation sites (N-methyl/N-ethyl adjacent to an activating group) is 1. The van der Waals surface area contributed by atoms with E-state index in [1.807, 2.05) is 11.9 Å². The van der Waals surface area contributed by atoms with Crippen molar-refractivity contribution < 1.29 is 9.90 Å². The predicted molar refractivity (Wildman–Crippen MR) is 79.5 cm³/mol. The SMILES string of the molecule is CN1CCN(c2cccc(O)c2)C(=O)c2cnc(N)nc21. The quantitative estimate of drug-likeness (QED) is 0.807. The number of nitrogens with zero attached hydrogens (tertiary/aromatic N) is 4. The zero-order valence-corrected chi connectivity index (χ0v) is 11.5. The van der Waals surface area contributed by atoms with E-state index in [0.717, 1.165) is 0 Å². The van der Waals surface area contributed by atoms with Crippen molar-refractivity contribution in [3.05, 3.63) is 36.0 Å². The van der Waals surface area contributed by atoms with Gasteiger partial charge in [-0.1, -0.05) is 6.07 Å². The first-order valence-electron chi connectivity index (χ1n) is 6.51. The molecule has 7 nitrogen and oxygen atoms in total. The van der Waals surface area contributed by atoms with Gasteiger partial charge in [0.25, 0.3) is 5.91 Å². The van der Waals surface area contributed by atoms with E-state index in [0.29, 0.717) is 30.2 Å². The normalized spacial score (nSPS) is 14.8. The number of carbonyl (C=O) groups is 1. The summed E-state index contributed by atoms with van der Waals surface area (Å²) >= 11 is 0. The maximum absolute atomic E-state index is 12.7. The molecule has 7 heteroatoms. The van der Waals surface area contributed by atoms with Crippen molar-refractivity contribution in [2.45, 2.75) is 0 Å². The summed E-state index contributed by atoms with van der Waals surface area (Å²) in [5, 5.41) is 9.59. The van der Waals surface area contributed by atoms with Crippen molar-refractivity contribution >= 4 is 23.4 Å². The van der Waals surface area contributed by atoms with Gasteiger partial charge in [0.1, 0.15) is 17.1 Å². The minimum Gasteiger partial charge on any atom is -0.508 e. The number of benzene rings is 1. The predicted octanol–water partition coefficient (Wildman–Crippen LogP) is 0.861. The van der Waals surface area contributed by atoms with E-state index in [2.05, 4.69) is 9.97 Å². The molecule has 108 valence electrons. The average Bonchev–Trinajstić information content (AvgIpc) is 2.57. The van der Waals surface area contributed by atoms with Gasteiger partial charge in [-0.15, -0.1) is 0 Å². The van der Waals surface area contributed by atoms with Crippen LogP contribution in [0, 0.1) is 0 Å². The first kappa shape index (κ1) is 13.2. The fraction of sp³-hybridized carbons (Fsp3) is 0.214. The lowest BCUT2D eigenvalue weighted by molar-refractivity contribution is 0.0989. The lowest BCUT2D eigenvalue weighted by Crippen LogP contribution is -2.33. The summed E-state index contributed by atoms with van der Waals surface area (Å²) in [5.41, 5.74) is 6.63. The van der Waals surface area contributed by atoms with Crippen LogP contribution in [0.2, 0.25) is 0 Å². The van der Waals surface area contributed by atoms with Crippen molar-refractivity contribution in [3.8, 4) is 5.75 Å². The number of rotatable bonds is 1. The van der Waals surface area contributed by atoms with Gasteiger partial charge in [-0.25, -0.2) is 4.98 Å². The molecule has 0 fully saturated rings. The van der Waals surface area contributed by atoms with Crippen LogP contribution in [0.5, 0.6) is 5.75 Å².